The Kier molecular flexibility index (Phi) is 3.27. The lowest BCUT2D eigenvalue weighted by atomic mass is 10.6. The number of hydrogen-bond acceptors (Lipinski definition) is 4. The Morgan fingerprint density at radius 2 is 2.33 bits per heavy atom. The second-order valence-electron chi connectivity index (χ2n) is 2.64. The van der Waals surface area contributed by atoms with Gasteiger partial charge in [-0.2, -0.15) is 0 Å². The predicted octanol–water partition coefficient (Wildman–Crippen LogP) is -1.91. The van der Waals surface area contributed by atoms with E-state index in [1.807, 2.05) is 0 Å². The molecule has 1 aromatic heterocycles. The molecule has 15 heavy (non-hydrogen) atoms. The van der Waals surface area contributed by atoms with Crippen molar-refractivity contribution in [3.63, 3.8) is 0 Å². The second-order valence-corrected chi connectivity index (χ2v) is 4.50. The molecule has 8 nitrogen and oxygen atoms in total. The molecule has 1 aromatic rings. The molecule has 0 aliphatic heterocycles. The van der Waals surface area contributed by atoms with Crippen LogP contribution in [0.1, 0.15) is 5.82 Å². The molecular formula is C6H12N6O2S. The summed E-state index contributed by atoms with van der Waals surface area (Å²) < 4.78 is 24.7. The van der Waals surface area contributed by atoms with Crippen molar-refractivity contribution >= 4 is 16.0 Å². The van der Waals surface area contributed by atoms with Crippen LogP contribution in [0.4, 0.5) is 0 Å². The molecule has 0 saturated carbocycles. The van der Waals surface area contributed by atoms with Crippen molar-refractivity contribution in [2.75, 3.05) is 7.05 Å². The minimum atomic E-state index is -3.49. The summed E-state index contributed by atoms with van der Waals surface area (Å²) in [5.41, 5.74) is 10.2. The monoisotopic (exact) mass is 232 g/mol. The van der Waals surface area contributed by atoms with Crippen molar-refractivity contribution in [3.05, 3.63) is 12.0 Å². The highest BCUT2D eigenvalue weighted by atomic mass is 32.2. The second kappa shape index (κ2) is 4.28. The van der Waals surface area contributed by atoms with Crippen LogP contribution in [-0.4, -0.2) is 31.4 Å². The Bertz CT molecular complexity index is 458. The van der Waals surface area contributed by atoms with Gasteiger partial charge in [-0.1, -0.05) is 0 Å². The number of aromatic nitrogens is 2. The van der Waals surface area contributed by atoms with Crippen LogP contribution in [-0.2, 0) is 16.6 Å². The third-order valence-electron chi connectivity index (χ3n) is 1.57. The van der Waals surface area contributed by atoms with Crippen molar-refractivity contribution in [2.45, 2.75) is 11.6 Å². The van der Waals surface area contributed by atoms with Crippen molar-refractivity contribution in [1.29, 1.82) is 0 Å². The number of H-pyrrole nitrogens is 1. The van der Waals surface area contributed by atoms with Gasteiger partial charge in [0.05, 0.1) is 6.20 Å². The van der Waals surface area contributed by atoms with Gasteiger partial charge in [-0.3, -0.25) is 0 Å². The molecule has 0 fully saturated rings. The maximum absolute atomic E-state index is 11.3. The van der Waals surface area contributed by atoms with Crippen LogP contribution < -0.4 is 16.2 Å². The van der Waals surface area contributed by atoms with Crippen LogP contribution in [0.15, 0.2) is 16.2 Å². The van der Waals surface area contributed by atoms with Gasteiger partial charge in [-0.05, 0) is 7.05 Å². The van der Waals surface area contributed by atoms with Gasteiger partial charge < -0.3 is 16.5 Å². The van der Waals surface area contributed by atoms with Crippen molar-refractivity contribution in [3.8, 4) is 0 Å². The first kappa shape index (κ1) is 11.5. The van der Waals surface area contributed by atoms with Gasteiger partial charge in [0.1, 0.15) is 12.4 Å². The fourth-order valence-corrected chi connectivity index (χ4v) is 1.50. The first-order valence-corrected chi connectivity index (χ1v) is 5.47. The summed E-state index contributed by atoms with van der Waals surface area (Å²) in [5.74, 6) is 0.293. The molecule has 0 spiro atoms. The minimum Gasteiger partial charge on any atom is -0.370 e. The predicted molar refractivity (Wildman–Crippen MR) is 54.3 cm³/mol. The molecule has 0 unspecified atom stereocenters. The smallest absolute Gasteiger partial charge is 0.257 e. The van der Waals surface area contributed by atoms with Gasteiger partial charge in [0.15, 0.2) is 11.0 Å². The Labute approximate surface area is 86.8 Å². The zero-order valence-corrected chi connectivity index (χ0v) is 8.87. The minimum absolute atomic E-state index is 0.0224. The van der Waals surface area contributed by atoms with E-state index in [1.165, 1.54) is 13.2 Å². The van der Waals surface area contributed by atoms with E-state index in [9.17, 15) is 8.42 Å². The molecule has 0 aliphatic carbocycles. The molecule has 0 aliphatic rings. The number of nitrogens with one attached hydrogen (secondary N) is 2. The zero-order valence-electron chi connectivity index (χ0n) is 8.06. The molecule has 6 N–H and O–H groups in total. The molecular weight excluding hydrogens is 220 g/mol. The first-order chi connectivity index (χ1) is 6.95. The molecule has 0 amide bonds. The molecule has 9 heteroatoms. The van der Waals surface area contributed by atoms with E-state index in [2.05, 4.69) is 19.7 Å². The van der Waals surface area contributed by atoms with Crippen molar-refractivity contribution in [2.24, 2.45) is 16.5 Å². The summed E-state index contributed by atoms with van der Waals surface area (Å²) >= 11 is 0. The topological polar surface area (TPSA) is 139 Å². The quantitative estimate of drug-likeness (QED) is 0.354. The SMILES string of the molecule is CNS(=O)(=O)c1cnc(CN=C(N)N)[nH]1. The van der Waals surface area contributed by atoms with Crippen LogP contribution in [0.25, 0.3) is 0 Å². The fourth-order valence-electron chi connectivity index (χ4n) is 0.836. The van der Waals surface area contributed by atoms with Gasteiger partial charge in [-0.15, -0.1) is 0 Å². The van der Waals surface area contributed by atoms with Crippen LogP contribution in [0.5, 0.6) is 0 Å². The Hall–Kier alpha value is -1.61. The Morgan fingerprint density at radius 1 is 1.67 bits per heavy atom. The molecule has 0 radical (unpaired) electrons. The third kappa shape index (κ3) is 2.92. The average Bonchev–Trinajstić information content (AvgIpc) is 2.63. The Morgan fingerprint density at radius 3 is 2.87 bits per heavy atom. The molecule has 1 heterocycles. The molecule has 1 rings (SSSR count). The number of nitrogens with zero attached hydrogens (tertiary/aromatic N) is 2. The maximum atomic E-state index is 11.3. The lowest BCUT2D eigenvalue weighted by molar-refractivity contribution is 0.584. The number of rotatable bonds is 4. The normalized spacial score (nSPS) is 11.3. The van der Waals surface area contributed by atoms with Gasteiger partial charge in [0.2, 0.25) is 0 Å². The number of nitrogens with two attached hydrogens (primary N) is 2. The number of guanidine groups is 1. The summed E-state index contributed by atoms with van der Waals surface area (Å²) in [6.45, 7) is 0.113. The molecule has 84 valence electrons. The van der Waals surface area contributed by atoms with Crippen LogP contribution in [0, 0.1) is 0 Å². The summed E-state index contributed by atoms with van der Waals surface area (Å²) in [6.07, 6.45) is 1.20. The standard InChI is InChI=1S/C6H12N6O2S/c1-9-15(13,14)5-3-10-4(12-5)2-11-6(7)8/h3,9H,2H2,1H3,(H,10,12)(H4,7,8,11). The summed E-state index contributed by atoms with van der Waals surface area (Å²) in [6, 6.07) is 0. The third-order valence-corrected chi connectivity index (χ3v) is 2.90. The molecule has 0 bridgehead atoms. The van der Waals surface area contributed by atoms with E-state index in [-0.39, 0.29) is 17.5 Å². The number of imidazole rings is 1. The van der Waals surface area contributed by atoms with E-state index < -0.39 is 10.0 Å². The van der Waals surface area contributed by atoms with Crippen molar-refractivity contribution in [1.82, 2.24) is 14.7 Å². The number of hydrogen-bond donors (Lipinski definition) is 4. The van der Waals surface area contributed by atoms with Crippen LogP contribution >= 0.6 is 0 Å². The van der Waals surface area contributed by atoms with E-state index in [1.54, 1.807) is 0 Å². The van der Waals surface area contributed by atoms with E-state index in [4.69, 9.17) is 11.5 Å². The maximum Gasteiger partial charge on any atom is 0.257 e. The lowest BCUT2D eigenvalue weighted by Gasteiger charge is -1.96. The van der Waals surface area contributed by atoms with Gasteiger partial charge in [-0.25, -0.2) is 23.1 Å². The van der Waals surface area contributed by atoms with Crippen LogP contribution in [0.3, 0.4) is 0 Å². The number of aromatic amines is 1. The largest absolute Gasteiger partial charge is 0.370 e. The van der Waals surface area contributed by atoms with Crippen LogP contribution in [0.2, 0.25) is 0 Å². The average molecular weight is 232 g/mol. The zero-order chi connectivity index (χ0) is 11.5. The molecule has 0 atom stereocenters. The number of sulfonamides is 1. The van der Waals surface area contributed by atoms with E-state index in [0.717, 1.165) is 0 Å². The van der Waals surface area contributed by atoms with Gasteiger partial charge in [0.25, 0.3) is 10.0 Å². The van der Waals surface area contributed by atoms with E-state index >= 15 is 0 Å². The van der Waals surface area contributed by atoms with E-state index in [0.29, 0.717) is 5.82 Å². The number of aliphatic imine (C=N–C) groups is 1. The van der Waals surface area contributed by atoms with Gasteiger partial charge in [0, 0.05) is 0 Å². The molecule has 0 saturated heterocycles. The molecule has 0 aromatic carbocycles. The summed E-state index contributed by atoms with van der Waals surface area (Å²) in [4.78, 5) is 10.1. The van der Waals surface area contributed by atoms with Gasteiger partial charge >= 0.3 is 0 Å². The lowest BCUT2D eigenvalue weighted by Crippen LogP contribution is -2.22. The van der Waals surface area contributed by atoms with Crippen molar-refractivity contribution < 1.29 is 8.42 Å². The summed E-state index contributed by atoms with van der Waals surface area (Å²) in [7, 11) is -2.18. The Balaban J connectivity index is 2.86. The fraction of sp³-hybridized carbons (Fsp3) is 0.333. The highest BCUT2D eigenvalue weighted by Gasteiger charge is 2.14. The first-order valence-electron chi connectivity index (χ1n) is 3.98. The highest BCUT2D eigenvalue weighted by Crippen LogP contribution is 2.05. The summed E-state index contributed by atoms with van der Waals surface area (Å²) in [5, 5.41) is -0.0224. The highest BCUT2D eigenvalue weighted by molar-refractivity contribution is 7.89.